The van der Waals surface area contributed by atoms with Gasteiger partial charge in [-0.25, -0.2) is 0 Å². The van der Waals surface area contributed by atoms with E-state index in [1.165, 1.54) is 6.92 Å². The van der Waals surface area contributed by atoms with Crippen LogP contribution >= 0.6 is 0 Å². The fraction of sp³-hybridized carbons (Fsp3) is 0.432. The van der Waals surface area contributed by atoms with Crippen molar-refractivity contribution in [2.45, 2.75) is 87.5 Å². The molecule has 1 N–H and O–H groups in total. The number of benzene rings is 2. The minimum absolute atomic E-state index is 0.0154. The maximum absolute atomic E-state index is 14.7. The molecule has 0 radical (unpaired) electrons. The van der Waals surface area contributed by atoms with Crippen molar-refractivity contribution < 1.29 is 19.5 Å². The summed E-state index contributed by atoms with van der Waals surface area (Å²) in [4.78, 5) is 41.4. The highest BCUT2D eigenvalue weighted by atomic mass is 16.3. The molecule has 3 aliphatic carbocycles. The van der Waals surface area contributed by atoms with Crippen LogP contribution in [-0.2, 0) is 16.0 Å². The van der Waals surface area contributed by atoms with Gasteiger partial charge in [0.25, 0.3) is 0 Å². The van der Waals surface area contributed by atoms with E-state index in [4.69, 9.17) is 0 Å². The number of phenols is 1. The van der Waals surface area contributed by atoms with Gasteiger partial charge in [-0.2, -0.15) is 0 Å². The van der Waals surface area contributed by atoms with E-state index in [9.17, 15) is 19.5 Å². The van der Waals surface area contributed by atoms with Crippen molar-refractivity contribution in [1.29, 1.82) is 0 Å². The van der Waals surface area contributed by atoms with Gasteiger partial charge in [-0.1, -0.05) is 56.7 Å². The first-order valence-corrected chi connectivity index (χ1v) is 14.5. The van der Waals surface area contributed by atoms with Crippen molar-refractivity contribution >= 4 is 17.3 Å². The van der Waals surface area contributed by atoms with Crippen LogP contribution in [0.15, 0.2) is 52.6 Å². The molecule has 0 saturated carbocycles. The third-order valence-electron chi connectivity index (χ3n) is 10.4. The first kappa shape index (κ1) is 28.8. The second-order valence-electron chi connectivity index (χ2n) is 13.6. The Bertz CT molecular complexity index is 1690. The molecule has 212 valence electrons. The molecular weight excluding hydrogens is 508 g/mol. The fourth-order valence-corrected chi connectivity index (χ4v) is 8.38. The lowest BCUT2D eigenvalue weighted by molar-refractivity contribution is -0.134. The molecule has 3 aliphatic rings. The Morgan fingerprint density at radius 3 is 2.29 bits per heavy atom. The summed E-state index contributed by atoms with van der Waals surface area (Å²) in [6, 6.07) is 8.98. The van der Waals surface area contributed by atoms with Crippen molar-refractivity contribution in [2.24, 2.45) is 16.2 Å². The zero-order valence-electron chi connectivity index (χ0n) is 25.8. The van der Waals surface area contributed by atoms with Gasteiger partial charge in [-0.15, -0.1) is 0 Å². The highest BCUT2D eigenvalue weighted by molar-refractivity contribution is 6.24. The van der Waals surface area contributed by atoms with Crippen LogP contribution in [-0.4, -0.2) is 22.5 Å². The van der Waals surface area contributed by atoms with E-state index in [2.05, 4.69) is 45.6 Å². The van der Waals surface area contributed by atoms with Gasteiger partial charge >= 0.3 is 0 Å². The van der Waals surface area contributed by atoms with E-state index in [0.29, 0.717) is 29.5 Å². The quantitative estimate of drug-likeness (QED) is 0.310. The van der Waals surface area contributed by atoms with Gasteiger partial charge in [0.15, 0.2) is 17.3 Å². The smallest absolute Gasteiger partial charge is 0.190 e. The van der Waals surface area contributed by atoms with Gasteiger partial charge in [0.1, 0.15) is 5.75 Å². The van der Waals surface area contributed by atoms with E-state index in [1.807, 2.05) is 33.8 Å². The van der Waals surface area contributed by atoms with Gasteiger partial charge in [0, 0.05) is 27.7 Å². The number of phenolic OH excluding ortho intramolecular Hbond substituents is 1. The molecule has 2 aromatic rings. The number of carbonyl (C=O) groups excluding carboxylic acids is 3. The maximum Gasteiger partial charge on any atom is 0.190 e. The first-order chi connectivity index (χ1) is 19.1. The van der Waals surface area contributed by atoms with E-state index >= 15 is 0 Å². The highest BCUT2D eigenvalue weighted by Gasteiger charge is 2.63. The zero-order valence-corrected chi connectivity index (χ0v) is 25.8. The van der Waals surface area contributed by atoms with Crippen LogP contribution in [0.25, 0.3) is 0 Å². The number of hydrogen-bond donors (Lipinski definition) is 1. The molecule has 0 bridgehead atoms. The SMILES string of the molecule is CC(=O)C1=C(C)CC2(C)CC3(C)Cc4c(C(C)C)cc(C#Cc5cccc(O)c5)c(C)c4C(=O)C3=C(C)C2(C)C1=O. The molecule has 3 atom stereocenters. The average Bonchev–Trinajstić information content (AvgIpc) is 2.85. The number of aromatic hydroxyl groups is 1. The molecule has 2 aromatic carbocycles. The minimum Gasteiger partial charge on any atom is -0.508 e. The molecule has 0 aromatic heterocycles. The molecule has 4 nitrogen and oxygen atoms in total. The summed E-state index contributed by atoms with van der Waals surface area (Å²) in [6.45, 7) is 17.9. The number of allylic oxidation sites excluding steroid dienone is 4. The number of rotatable bonds is 2. The maximum atomic E-state index is 14.7. The second-order valence-corrected chi connectivity index (χ2v) is 13.6. The monoisotopic (exact) mass is 548 g/mol. The Labute approximate surface area is 243 Å². The van der Waals surface area contributed by atoms with Gasteiger partial charge < -0.3 is 5.11 Å². The number of carbonyl (C=O) groups is 3. The van der Waals surface area contributed by atoms with Gasteiger partial charge in [-0.3, -0.25) is 14.4 Å². The lowest BCUT2D eigenvalue weighted by Crippen LogP contribution is -2.57. The molecule has 0 aliphatic heterocycles. The molecule has 4 heteroatoms. The summed E-state index contributed by atoms with van der Waals surface area (Å²) in [7, 11) is 0. The number of ketones is 3. The van der Waals surface area contributed by atoms with Gasteiger partial charge in [-0.05, 0) is 106 Å². The fourth-order valence-electron chi connectivity index (χ4n) is 8.38. The number of Topliss-reactive ketones (excluding diaryl/α,β-unsaturated/α-hetero) is 3. The van der Waals surface area contributed by atoms with Crippen LogP contribution in [0.4, 0.5) is 0 Å². The molecule has 0 heterocycles. The summed E-state index contributed by atoms with van der Waals surface area (Å²) >= 11 is 0. The topological polar surface area (TPSA) is 71.4 Å². The predicted molar refractivity (Wildman–Crippen MR) is 162 cm³/mol. The van der Waals surface area contributed by atoms with Crippen molar-refractivity contribution in [2.75, 3.05) is 0 Å². The molecule has 41 heavy (non-hydrogen) atoms. The van der Waals surface area contributed by atoms with Crippen LogP contribution in [0.2, 0.25) is 0 Å². The summed E-state index contributed by atoms with van der Waals surface area (Å²) < 4.78 is 0. The molecule has 5 rings (SSSR count). The second kappa shape index (κ2) is 9.41. The molecule has 3 unspecified atom stereocenters. The Morgan fingerprint density at radius 2 is 1.68 bits per heavy atom. The number of hydrogen-bond acceptors (Lipinski definition) is 4. The highest BCUT2D eigenvalue weighted by Crippen LogP contribution is 2.66. The summed E-state index contributed by atoms with van der Waals surface area (Å²) in [5, 5.41) is 9.87. The Balaban J connectivity index is 1.75. The third kappa shape index (κ3) is 4.08. The summed E-state index contributed by atoms with van der Waals surface area (Å²) in [5.74, 6) is 6.43. The van der Waals surface area contributed by atoms with Crippen LogP contribution in [0.5, 0.6) is 5.75 Å². The molecule has 0 saturated heterocycles. The molecule has 0 amide bonds. The zero-order chi connectivity index (χ0) is 30.2. The minimum atomic E-state index is -0.934. The van der Waals surface area contributed by atoms with E-state index in [1.54, 1.807) is 18.2 Å². The molecule has 0 spiro atoms. The van der Waals surface area contributed by atoms with Crippen molar-refractivity contribution in [1.82, 2.24) is 0 Å². The van der Waals surface area contributed by atoms with Gasteiger partial charge in [0.05, 0.1) is 11.0 Å². The van der Waals surface area contributed by atoms with Crippen LogP contribution in [0.3, 0.4) is 0 Å². The lowest BCUT2D eigenvalue weighted by atomic mass is 9.42. The van der Waals surface area contributed by atoms with E-state index < -0.39 is 16.2 Å². The van der Waals surface area contributed by atoms with Crippen LogP contribution in [0, 0.1) is 35.0 Å². The Kier molecular flexibility index (Phi) is 6.61. The Morgan fingerprint density at radius 1 is 1.00 bits per heavy atom. The summed E-state index contributed by atoms with van der Waals surface area (Å²) in [5.41, 5.74) is 6.20. The van der Waals surface area contributed by atoms with E-state index in [-0.39, 0.29) is 29.0 Å². The van der Waals surface area contributed by atoms with Crippen molar-refractivity contribution in [3.8, 4) is 17.6 Å². The van der Waals surface area contributed by atoms with Crippen LogP contribution in [0.1, 0.15) is 112 Å². The normalized spacial score (nSPS) is 27.3. The lowest BCUT2D eigenvalue weighted by Gasteiger charge is -2.59. The predicted octanol–water partition coefficient (Wildman–Crippen LogP) is 7.58. The summed E-state index contributed by atoms with van der Waals surface area (Å²) in [6.07, 6.45) is 2.07. The standard InChI is InChI=1S/C37H40O4/c1-20(2)28-16-26(14-13-25-11-10-12-27(39)15-25)22(4)31-29(28)18-35(7)19-36(8)17-21(3)30(24(6)38)34(41)37(36,9)23(5)32(35)33(31)40/h10-12,15-16,20,39H,17-19H2,1-9H3. The van der Waals surface area contributed by atoms with Crippen LogP contribution < -0.4 is 0 Å². The average molecular weight is 549 g/mol. The first-order valence-electron chi connectivity index (χ1n) is 14.5. The molecular formula is C37H40O4. The Hall–Kier alpha value is -3.71. The number of fused-ring (bicyclic) bond motifs is 3. The largest absolute Gasteiger partial charge is 0.508 e. The van der Waals surface area contributed by atoms with Crippen molar-refractivity contribution in [3.63, 3.8) is 0 Å². The molecule has 0 fully saturated rings. The van der Waals surface area contributed by atoms with E-state index in [0.717, 1.165) is 45.4 Å². The third-order valence-corrected chi connectivity index (χ3v) is 10.4. The van der Waals surface area contributed by atoms with Crippen molar-refractivity contribution in [3.05, 3.63) is 86.0 Å². The van der Waals surface area contributed by atoms with Gasteiger partial charge in [0.2, 0.25) is 0 Å².